The van der Waals surface area contributed by atoms with Crippen LogP contribution in [-0.2, 0) is 25.0 Å². The van der Waals surface area contributed by atoms with Gasteiger partial charge in [-0.2, -0.15) is 41.5 Å². The normalized spacial score (nSPS) is 16.4. The second kappa shape index (κ2) is 10.0. The van der Waals surface area contributed by atoms with E-state index in [0.29, 0.717) is 0 Å². The van der Waals surface area contributed by atoms with Crippen molar-refractivity contribution in [2.75, 3.05) is 0 Å². The molecular formula is C27H21OPPd. The fourth-order valence-electron chi connectivity index (χ4n) is 3.37. The second-order valence-corrected chi connectivity index (χ2v) is 9.33. The Hall–Kier alpha value is -2.49. The molecule has 3 heteroatoms. The maximum Gasteiger partial charge on any atom is 2.00 e. The second-order valence-electron chi connectivity index (χ2n) is 6.89. The third-order valence-electron chi connectivity index (χ3n) is 4.85. The van der Waals surface area contributed by atoms with Gasteiger partial charge in [0.05, 0.1) is 0 Å². The van der Waals surface area contributed by atoms with E-state index in [1.165, 1.54) is 5.56 Å². The van der Waals surface area contributed by atoms with Crippen LogP contribution in [0.5, 0.6) is 0 Å². The molecule has 0 N–H and O–H groups in total. The first-order valence-electron chi connectivity index (χ1n) is 9.57. The Bertz CT molecular complexity index is 1170. The molecule has 0 fully saturated rings. The number of fused-ring (bicyclic) bond motifs is 1. The van der Waals surface area contributed by atoms with Crippen molar-refractivity contribution in [3.63, 3.8) is 0 Å². The Morgan fingerprint density at radius 3 is 1.87 bits per heavy atom. The molecule has 0 spiro atoms. The molecular weight excluding hydrogens is 478 g/mol. The van der Waals surface area contributed by atoms with Gasteiger partial charge in [0.25, 0.3) is 0 Å². The van der Waals surface area contributed by atoms with Crippen molar-refractivity contribution < 1.29 is 25.0 Å². The molecule has 1 heterocycles. The van der Waals surface area contributed by atoms with E-state index in [2.05, 4.69) is 18.8 Å². The molecule has 30 heavy (non-hydrogen) atoms. The molecule has 0 bridgehead atoms. The number of benzene rings is 4. The molecule has 4 aromatic rings. The molecule has 1 aliphatic heterocycles. The minimum absolute atomic E-state index is 0. The van der Waals surface area contributed by atoms with Crippen molar-refractivity contribution in [1.82, 2.24) is 0 Å². The number of rotatable bonds is 2. The van der Waals surface area contributed by atoms with Gasteiger partial charge in [-0.3, -0.25) is 0 Å². The summed E-state index contributed by atoms with van der Waals surface area (Å²) in [6.45, 7) is 2.06. The maximum atomic E-state index is 13.7. The van der Waals surface area contributed by atoms with Gasteiger partial charge in [-0.1, -0.05) is 73.7 Å². The molecule has 5 rings (SSSR count). The van der Waals surface area contributed by atoms with Gasteiger partial charge in [-0.15, -0.1) is 35.1 Å². The van der Waals surface area contributed by atoms with Crippen LogP contribution >= 0.6 is 7.14 Å². The van der Waals surface area contributed by atoms with Gasteiger partial charge in [-0.05, 0) is 5.30 Å². The van der Waals surface area contributed by atoms with E-state index in [0.717, 1.165) is 27.3 Å². The summed E-state index contributed by atoms with van der Waals surface area (Å²) in [4.78, 5) is 0. The van der Waals surface area contributed by atoms with E-state index in [1.54, 1.807) is 0 Å². The van der Waals surface area contributed by atoms with Gasteiger partial charge in [0.1, 0.15) is 7.14 Å². The Morgan fingerprint density at radius 1 is 0.700 bits per heavy atom. The van der Waals surface area contributed by atoms with Crippen LogP contribution in [0, 0.1) is 18.8 Å². The predicted octanol–water partition coefficient (Wildman–Crippen LogP) is 6.00. The number of hydrogen-bond donors (Lipinski definition) is 0. The zero-order valence-corrected chi connectivity index (χ0v) is 19.0. The fourth-order valence-corrected chi connectivity index (χ4v) is 5.88. The SMILES string of the molecule is Cc1cc[c-]cc1.O=P1(c2ccccc2)[C-]=C(c2ccccc2)c2ccccc21.[Pd+2]. The molecule has 1 aliphatic rings. The largest absolute Gasteiger partial charge is 2.00 e. The Morgan fingerprint density at radius 2 is 1.27 bits per heavy atom. The van der Waals surface area contributed by atoms with Gasteiger partial charge in [0.2, 0.25) is 0 Å². The first-order valence-corrected chi connectivity index (χ1v) is 11.3. The maximum absolute atomic E-state index is 13.7. The molecule has 0 saturated heterocycles. The van der Waals surface area contributed by atoms with Crippen LogP contribution < -0.4 is 10.6 Å². The van der Waals surface area contributed by atoms with E-state index in [9.17, 15) is 4.57 Å². The number of hydrogen-bond acceptors (Lipinski definition) is 1. The van der Waals surface area contributed by atoms with Crippen LogP contribution in [-0.4, -0.2) is 0 Å². The average molecular weight is 499 g/mol. The van der Waals surface area contributed by atoms with E-state index in [1.807, 2.05) is 109 Å². The topological polar surface area (TPSA) is 17.1 Å². The van der Waals surface area contributed by atoms with E-state index in [4.69, 9.17) is 0 Å². The summed E-state index contributed by atoms with van der Waals surface area (Å²) in [5, 5.41) is 1.73. The van der Waals surface area contributed by atoms with Crippen molar-refractivity contribution in [1.29, 1.82) is 0 Å². The van der Waals surface area contributed by atoms with Gasteiger partial charge >= 0.3 is 20.4 Å². The summed E-state index contributed by atoms with van der Waals surface area (Å²) in [5.41, 5.74) is 4.33. The Labute approximate surface area is 192 Å². The molecule has 0 aromatic heterocycles. The molecule has 0 saturated carbocycles. The predicted molar refractivity (Wildman–Crippen MR) is 122 cm³/mol. The van der Waals surface area contributed by atoms with Gasteiger partial charge in [0.15, 0.2) is 0 Å². The quantitative estimate of drug-likeness (QED) is 0.188. The summed E-state index contributed by atoms with van der Waals surface area (Å²) in [6.07, 6.45) is 0. The van der Waals surface area contributed by atoms with Crippen LogP contribution in [0.15, 0.2) is 109 Å². The molecule has 1 atom stereocenters. The third kappa shape index (κ3) is 4.63. The summed E-state index contributed by atoms with van der Waals surface area (Å²) < 4.78 is 13.7. The van der Waals surface area contributed by atoms with Gasteiger partial charge < -0.3 is 4.57 Å². The molecule has 4 aromatic carbocycles. The fraction of sp³-hybridized carbons (Fsp3) is 0.0370. The Kier molecular flexibility index (Phi) is 7.41. The van der Waals surface area contributed by atoms with Gasteiger partial charge in [0, 0.05) is 5.30 Å². The van der Waals surface area contributed by atoms with Crippen LogP contribution in [0.2, 0.25) is 0 Å². The zero-order chi connectivity index (χ0) is 20.1. The average Bonchev–Trinajstić information content (AvgIpc) is 3.10. The zero-order valence-electron chi connectivity index (χ0n) is 16.6. The molecule has 1 unspecified atom stereocenters. The molecule has 0 aliphatic carbocycles. The molecule has 1 nitrogen and oxygen atoms in total. The van der Waals surface area contributed by atoms with Crippen LogP contribution in [0.3, 0.4) is 0 Å². The number of aryl methyl sites for hydroxylation is 1. The smallest absolute Gasteiger partial charge is 0.324 e. The minimum atomic E-state index is -2.82. The summed E-state index contributed by atoms with van der Waals surface area (Å²) in [7, 11) is -2.82. The van der Waals surface area contributed by atoms with Crippen molar-refractivity contribution in [2.45, 2.75) is 6.92 Å². The molecule has 150 valence electrons. The van der Waals surface area contributed by atoms with E-state index >= 15 is 0 Å². The van der Waals surface area contributed by atoms with Crippen LogP contribution in [0.4, 0.5) is 0 Å². The minimum Gasteiger partial charge on any atom is -0.324 e. The van der Waals surface area contributed by atoms with Crippen molar-refractivity contribution >= 4 is 23.3 Å². The van der Waals surface area contributed by atoms with Crippen LogP contribution in [0.1, 0.15) is 16.7 Å². The summed E-state index contributed by atoms with van der Waals surface area (Å²) in [5.74, 6) is 3.34. The standard InChI is InChI=1S/C20H14OP.C7H7.Pd/c21-22(17-11-5-2-6-12-17)15-19(16-9-3-1-4-10-16)18-13-7-8-14-20(18)22;1-7-5-3-2-4-6-7;/h1-14H;3-6H,1H3;/q2*-1;+2. The van der Waals surface area contributed by atoms with E-state index in [-0.39, 0.29) is 20.4 Å². The van der Waals surface area contributed by atoms with Crippen molar-refractivity contribution in [3.05, 3.63) is 138 Å². The monoisotopic (exact) mass is 498 g/mol. The molecule has 0 amide bonds. The third-order valence-corrected chi connectivity index (χ3v) is 7.48. The first kappa shape index (κ1) is 22.2. The van der Waals surface area contributed by atoms with Gasteiger partial charge in [-0.25, -0.2) is 0 Å². The van der Waals surface area contributed by atoms with E-state index < -0.39 is 7.14 Å². The molecule has 0 radical (unpaired) electrons. The Balaban J connectivity index is 0.000000274. The summed E-state index contributed by atoms with van der Waals surface area (Å²) >= 11 is 0. The first-order chi connectivity index (χ1) is 14.2. The van der Waals surface area contributed by atoms with Crippen molar-refractivity contribution in [3.8, 4) is 0 Å². The van der Waals surface area contributed by atoms with Crippen molar-refractivity contribution in [2.24, 2.45) is 0 Å². The summed E-state index contributed by atoms with van der Waals surface area (Å²) in [6, 6.07) is 38.5. The van der Waals surface area contributed by atoms with Crippen LogP contribution in [0.25, 0.3) is 5.57 Å².